The van der Waals surface area contributed by atoms with Crippen LogP contribution in [0, 0.1) is 15.5 Å². The highest BCUT2D eigenvalue weighted by Gasteiger charge is 2.17. The van der Waals surface area contributed by atoms with E-state index in [0.717, 1.165) is 31.0 Å². The van der Waals surface area contributed by atoms with E-state index in [-0.39, 0.29) is 5.41 Å². The maximum atomic E-state index is 10.5. The predicted molar refractivity (Wildman–Crippen MR) is 104 cm³/mol. The molecule has 0 amide bonds. The summed E-state index contributed by atoms with van der Waals surface area (Å²) in [6.07, 6.45) is 3.58. The van der Waals surface area contributed by atoms with Crippen LogP contribution in [0.25, 0.3) is 0 Å². The highest BCUT2D eigenvalue weighted by molar-refractivity contribution is 8.38. The Morgan fingerprint density at radius 2 is 2.17 bits per heavy atom. The van der Waals surface area contributed by atoms with E-state index in [1.807, 2.05) is 6.07 Å². The van der Waals surface area contributed by atoms with Crippen LogP contribution in [0.3, 0.4) is 0 Å². The Labute approximate surface area is 156 Å². The van der Waals surface area contributed by atoms with Crippen LogP contribution in [0.4, 0.5) is 0 Å². The Balaban J connectivity index is 2.65. The molecule has 0 aromatic carbocycles. The molecule has 0 unspecified atom stereocenters. The number of halogens is 1. The molecule has 0 saturated heterocycles. The van der Waals surface area contributed by atoms with Gasteiger partial charge in [0.1, 0.15) is 5.15 Å². The number of rotatable bonds is 7. The van der Waals surface area contributed by atoms with Crippen molar-refractivity contribution in [3.05, 3.63) is 39.2 Å². The molecule has 0 spiro atoms. The van der Waals surface area contributed by atoms with Gasteiger partial charge in [0.2, 0.25) is 4.38 Å². The van der Waals surface area contributed by atoms with E-state index in [0.29, 0.717) is 9.53 Å². The van der Waals surface area contributed by atoms with Crippen molar-refractivity contribution in [1.29, 1.82) is 0 Å². The first-order chi connectivity index (χ1) is 11.2. The number of nitrogens with zero attached hydrogens (tertiary/aromatic N) is 4. The van der Waals surface area contributed by atoms with E-state index < -0.39 is 5.03 Å². The molecule has 134 valence electrons. The van der Waals surface area contributed by atoms with Gasteiger partial charge in [0, 0.05) is 31.6 Å². The summed E-state index contributed by atoms with van der Waals surface area (Å²) in [7, 11) is 0. The van der Waals surface area contributed by atoms with Gasteiger partial charge in [-0.2, -0.15) is 0 Å². The fraction of sp³-hybridized carbons (Fsp3) is 0.600. The molecule has 9 heteroatoms. The molecule has 1 rings (SSSR count). The maximum Gasteiger partial charge on any atom is 0.203 e. The van der Waals surface area contributed by atoms with Crippen molar-refractivity contribution in [2.24, 2.45) is 10.5 Å². The van der Waals surface area contributed by atoms with E-state index >= 15 is 0 Å². The molecule has 0 aliphatic heterocycles. The average Bonchev–Trinajstić information content (AvgIpc) is 2.46. The van der Waals surface area contributed by atoms with Gasteiger partial charge >= 0.3 is 0 Å². The molecule has 0 aliphatic carbocycles. The van der Waals surface area contributed by atoms with E-state index in [1.165, 1.54) is 23.5 Å². The molecular weight excluding hydrogens is 368 g/mol. The first-order valence-electron chi connectivity index (χ1n) is 7.42. The van der Waals surface area contributed by atoms with Crippen molar-refractivity contribution in [2.45, 2.75) is 27.3 Å². The Kier molecular flexibility index (Phi) is 9.04. The molecule has 24 heavy (non-hydrogen) atoms. The molecule has 0 fully saturated rings. The van der Waals surface area contributed by atoms with Crippen molar-refractivity contribution in [3.63, 3.8) is 0 Å². The third-order valence-electron chi connectivity index (χ3n) is 2.86. The van der Waals surface area contributed by atoms with Crippen LogP contribution in [0.15, 0.2) is 23.4 Å². The fourth-order valence-electron chi connectivity index (χ4n) is 2.10. The molecule has 0 saturated carbocycles. The Hall–Kier alpha value is -0.830. The number of nitro groups is 1. The lowest BCUT2D eigenvalue weighted by atomic mass is 9.96. The monoisotopic (exact) mass is 390 g/mol. The molecule has 1 aromatic heterocycles. The SMILES string of the molecule is CS/C(=N\[N+](=O)[O-])SCCN(Cc1ccc(Cl)nc1)CC(C)(C)C. The lowest BCUT2D eigenvalue weighted by molar-refractivity contribution is -0.484. The average molecular weight is 391 g/mol. The highest BCUT2D eigenvalue weighted by Crippen LogP contribution is 2.20. The summed E-state index contributed by atoms with van der Waals surface area (Å²) in [5, 5.41) is 13.7. The smallest absolute Gasteiger partial charge is 0.203 e. The quantitative estimate of drug-likeness (QED) is 0.228. The second-order valence-corrected chi connectivity index (χ2v) is 8.94. The van der Waals surface area contributed by atoms with Crippen LogP contribution < -0.4 is 0 Å². The highest BCUT2D eigenvalue weighted by atomic mass is 35.5. The van der Waals surface area contributed by atoms with E-state index in [2.05, 4.69) is 35.8 Å². The first kappa shape index (κ1) is 21.2. The van der Waals surface area contributed by atoms with Gasteiger partial charge in [-0.05, 0) is 23.3 Å². The van der Waals surface area contributed by atoms with Crippen molar-refractivity contribution >= 4 is 39.5 Å². The standard InChI is InChI=1S/C15H23ClN4O2S2/c1-15(2,3)11-19(10-12-5-6-13(16)17-9-12)7-8-24-14(23-4)18-20(21)22/h5-6,9H,7-8,10-11H2,1-4H3/b18-14+. The summed E-state index contributed by atoms with van der Waals surface area (Å²) in [6.45, 7) is 9.06. The van der Waals surface area contributed by atoms with Gasteiger partial charge < -0.3 is 0 Å². The summed E-state index contributed by atoms with van der Waals surface area (Å²) in [6, 6.07) is 3.76. The van der Waals surface area contributed by atoms with Crippen molar-refractivity contribution in [1.82, 2.24) is 9.88 Å². The molecule has 1 aromatic rings. The second kappa shape index (κ2) is 10.2. The molecule has 0 radical (unpaired) electrons. The van der Waals surface area contributed by atoms with Crippen LogP contribution >= 0.6 is 35.1 Å². The first-order valence-corrected chi connectivity index (χ1v) is 10.0. The van der Waals surface area contributed by atoms with Crippen molar-refractivity contribution in [2.75, 3.05) is 25.1 Å². The van der Waals surface area contributed by atoms with Gasteiger partial charge in [-0.1, -0.05) is 62.0 Å². The minimum atomic E-state index is -0.648. The zero-order valence-electron chi connectivity index (χ0n) is 14.4. The lowest BCUT2D eigenvalue weighted by Crippen LogP contribution is -2.34. The van der Waals surface area contributed by atoms with Crippen molar-refractivity contribution in [3.8, 4) is 0 Å². The lowest BCUT2D eigenvalue weighted by Gasteiger charge is -2.29. The van der Waals surface area contributed by atoms with E-state index in [4.69, 9.17) is 11.6 Å². The number of thioether (sulfide) groups is 2. The normalized spacial score (nSPS) is 12.7. The minimum absolute atomic E-state index is 0.155. The summed E-state index contributed by atoms with van der Waals surface area (Å²) in [5.74, 6) is 0.741. The molecule has 0 N–H and O–H groups in total. The summed E-state index contributed by atoms with van der Waals surface area (Å²) < 4.78 is 0.476. The van der Waals surface area contributed by atoms with Gasteiger partial charge in [-0.25, -0.2) is 15.1 Å². The Morgan fingerprint density at radius 1 is 1.46 bits per heavy atom. The van der Waals surface area contributed by atoms with Crippen LogP contribution in [-0.2, 0) is 6.54 Å². The van der Waals surface area contributed by atoms with Gasteiger partial charge in [0.25, 0.3) is 0 Å². The van der Waals surface area contributed by atoms with Crippen LogP contribution in [0.2, 0.25) is 5.15 Å². The van der Waals surface area contributed by atoms with E-state index in [1.54, 1.807) is 18.5 Å². The third kappa shape index (κ3) is 9.46. The zero-order chi connectivity index (χ0) is 18.2. The van der Waals surface area contributed by atoms with Gasteiger partial charge in [0.15, 0.2) is 5.03 Å². The predicted octanol–water partition coefficient (Wildman–Crippen LogP) is 4.23. The second-order valence-electron chi connectivity index (χ2n) is 6.42. The minimum Gasteiger partial charge on any atom is -0.298 e. The molecule has 1 heterocycles. The van der Waals surface area contributed by atoms with Gasteiger partial charge in [-0.15, -0.1) is 0 Å². The number of pyridine rings is 1. The largest absolute Gasteiger partial charge is 0.298 e. The van der Waals surface area contributed by atoms with E-state index in [9.17, 15) is 10.1 Å². The molecular formula is C15H23ClN4O2S2. The van der Waals surface area contributed by atoms with Gasteiger partial charge in [0.05, 0.1) is 5.10 Å². The number of hydrogen-bond acceptors (Lipinski definition) is 6. The summed E-state index contributed by atoms with van der Waals surface area (Å²) >= 11 is 8.54. The van der Waals surface area contributed by atoms with Crippen LogP contribution in [0.1, 0.15) is 26.3 Å². The number of hydrazone groups is 1. The third-order valence-corrected chi connectivity index (χ3v) is 5.09. The van der Waals surface area contributed by atoms with Crippen molar-refractivity contribution < 1.29 is 5.03 Å². The van der Waals surface area contributed by atoms with Gasteiger partial charge in [-0.3, -0.25) is 4.90 Å². The van der Waals surface area contributed by atoms with Crippen LogP contribution in [0.5, 0.6) is 0 Å². The molecule has 6 nitrogen and oxygen atoms in total. The Morgan fingerprint density at radius 3 is 2.67 bits per heavy atom. The zero-order valence-corrected chi connectivity index (χ0v) is 16.7. The van der Waals surface area contributed by atoms with Crippen LogP contribution in [-0.4, -0.2) is 44.4 Å². The fourth-order valence-corrected chi connectivity index (χ4v) is 3.73. The number of hydrogen-bond donors (Lipinski definition) is 0. The number of aromatic nitrogens is 1. The topological polar surface area (TPSA) is 71.6 Å². The molecule has 0 bridgehead atoms. The summed E-state index contributed by atoms with van der Waals surface area (Å²) in [4.78, 5) is 16.9. The maximum absolute atomic E-state index is 10.5. The summed E-state index contributed by atoms with van der Waals surface area (Å²) in [5.41, 5.74) is 1.25. The molecule has 0 atom stereocenters. The molecule has 0 aliphatic rings. The Bertz CT molecular complexity index is 562.